The number of alkyl halides is 1. The summed E-state index contributed by atoms with van der Waals surface area (Å²) in [4.78, 5) is 0. The quantitative estimate of drug-likeness (QED) is 0.531. The summed E-state index contributed by atoms with van der Waals surface area (Å²) in [6.45, 7) is 10.8. The van der Waals surface area contributed by atoms with Gasteiger partial charge in [0.05, 0.1) is 24.3 Å². The molecule has 0 aromatic heterocycles. The first kappa shape index (κ1) is 21.2. The summed E-state index contributed by atoms with van der Waals surface area (Å²) >= 11 is 5.99. The van der Waals surface area contributed by atoms with Crippen LogP contribution in [0.2, 0.25) is 0 Å². The summed E-state index contributed by atoms with van der Waals surface area (Å²) in [5.74, 6) is -1.61. The Balaban J connectivity index is 2.27. The SMILES string of the molecule is C=CCC1(C#N)CC(CC2(C#N)CC(CCl)OC(C)(C)O2)OC(C)(C)O1. The third kappa shape index (κ3) is 4.76. The highest BCUT2D eigenvalue weighted by atomic mass is 35.5. The molecule has 4 unspecified atom stereocenters. The zero-order valence-corrected chi connectivity index (χ0v) is 16.6. The van der Waals surface area contributed by atoms with Gasteiger partial charge in [-0.25, -0.2) is 0 Å². The highest BCUT2D eigenvalue weighted by Gasteiger charge is 2.52. The van der Waals surface area contributed by atoms with Gasteiger partial charge in [0, 0.05) is 31.6 Å². The molecule has 2 fully saturated rings. The Morgan fingerprint density at radius 1 is 1.00 bits per heavy atom. The van der Waals surface area contributed by atoms with Crippen LogP contribution in [0, 0.1) is 22.7 Å². The molecule has 2 rings (SSSR count). The van der Waals surface area contributed by atoms with Gasteiger partial charge in [-0.3, -0.25) is 0 Å². The van der Waals surface area contributed by atoms with Crippen molar-refractivity contribution in [3.63, 3.8) is 0 Å². The maximum Gasteiger partial charge on any atom is 0.165 e. The summed E-state index contributed by atoms with van der Waals surface area (Å²) in [5.41, 5.74) is -2.13. The number of nitriles is 2. The van der Waals surface area contributed by atoms with E-state index in [1.807, 2.05) is 0 Å². The minimum absolute atomic E-state index is 0.273. The Morgan fingerprint density at radius 3 is 2.00 bits per heavy atom. The topological polar surface area (TPSA) is 84.5 Å². The van der Waals surface area contributed by atoms with Crippen molar-refractivity contribution >= 4 is 11.6 Å². The normalized spacial score (nSPS) is 38.7. The Labute approximate surface area is 160 Å². The summed E-state index contributed by atoms with van der Waals surface area (Å²) in [7, 11) is 0. The maximum atomic E-state index is 9.90. The first-order chi connectivity index (χ1) is 12.0. The van der Waals surface area contributed by atoms with Crippen molar-refractivity contribution in [2.24, 2.45) is 0 Å². The third-order valence-corrected chi connectivity index (χ3v) is 4.85. The van der Waals surface area contributed by atoms with E-state index in [0.717, 1.165) is 0 Å². The van der Waals surface area contributed by atoms with Crippen molar-refractivity contribution < 1.29 is 18.9 Å². The van der Waals surface area contributed by atoms with Gasteiger partial charge in [-0.15, -0.1) is 18.2 Å². The third-order valence-electron chi connectivity index (χ3n) is 4.51. The van der Waals surface area contributed by atoms with Gasteiger partial charge in [-0.2, -0.15) is 10.5 Å². The number of hydrogen-bond acceptors (Lipinski definition) is 6. The Hall–Kier alpha value is -1.15. The van der Waals surface area contributed by atoms with Crippen LogP contribution in [-0.2, 0) is 18.9 Å². The van der Waals surface area contributed by atoms with E-state index < -0.39 is 22.8 Å². The predicted octanol–water partition coefficient (Wildman–Crippen LogP) is 3.80. The fourth-order valence-electron chi connectivity index (χ4n) is 3.97. The van der Waals surface area contributed by atoms with E-state index in [9.17, 15) is 10.5 Å². The molecule has 6 nitrogen and oxygen atoms in total. The van der Waals surface area contributed by atoms with Crippen molar-refractivity contribution in [3.05, 3.63) is 12.7 Å². The number of ether oxygens (including phenoxy) is 4. The van der Waals surface area contributed by atoms with Crippen LogP contribution in [0.5, 0.6) is 0 Å². The Morgan fingerprint density at radius 2 is 1.50 bits per heavy atom. The van der Waals surface area contributed by atoms with Crippen molar-refractivity contribution in [2.45, 2.75) is 88.4 Å². The van der Waals surface area contributed by atoms with Gasteiger partial charge in [0.1, 0.15) is 0 Å². The molecule has 0 radical (unpaired) electrons. The van der Waals surface area contributed by atoms with Crippen LogP contribution in [0.25, 0.3) is 0 Å². The molecule has 2 aliphatic rings. The second-order valence-corrected chi connectivity index (χ2v) is 8.26. The molecule has 0 spiro atoms. The number of rotatable bonds is 5. The molecule has 2 heterocycles. The Kier molecular flexibility index (Phi) is 6.07. The lowest BCUT2D eigenvalue weighted by Gasteiger charge is -2.49. The molecule has 144 valence electrons. The van der Waals surface area contributed by atoms with Crippen LogP contribution >= 0.6 is 11.6 Å². The minimum atomic E-state index is -1.10. The van der Waals surface area contributed by atoms with Gasteiger partial charge < -0.3 is 18.9 Å². The van der Waals surface area contributed by atoms with Gasteiger partial charge in [0.25, 0.3) is 0 Å². The second kappa shape index (κ2) is 7.46. The lowest BCUT2D eigenvalue weighted by molar-refractivity contribution is -0.344. The molecule has 0 bridgehead atoms. The smallest absolute Gasteiger partial charge is 0.165 e. The maximum absolute atomic E-state index is 9.90. The summed E-state index contributed by atoms with van der Waals surface area (Å²) < 4.78 is 23.7. The van der Waals surface area contributed by atoms with Crippen molar-refractivity contribution in [1.29, 1.82) is 10.5 Å². The average molecular weight is 383 g/mol. The van der Waals surface area contributed by atoms with Crippen LogP contribution in [0.4, 0.5) is 0 Å². The van der Waals surface area contributed by atoms with Crippen LogP contribution in [0.1, 0.15) is 53.4 Å². The number of nitrogens with zero attached hydrogens (tertiary/aromatic N) is 2. The van der Waals surface area contributed by atoms with Crippen molar-refractivity contribution in [3.8, 4) is 12.1 Å². The summed E-state index contributed by atoms with van der Waals surface area (Å²) in [5, 5.41) is 19.6. The van der Waals surface area contributed by atoms with Gasteiger partial charge in [0.15, 0.2) is 22.8 Å². The lowest BCUT2D eigenvalue weighted by atomic mass is 9.83. The molecule has 26 heavy (non-hydrogen) atoms. The van der Waals surface area contributed by atoms with E-state index in [1.165, 1.54) is 0 Å². The molecular formula is C19H27ClN2O4. The van der Waals surface area contributed by atoms with Gasteiger partial charge >= 0.3 is 0 Å². The monoisotopic (exact) mass is 382 g/mol. The molecule has 0 saturated carbocycles. The number of hydrogen-bond donors (Lipinski definition) is 0. The fourth-order valence-corrected chi connectivity index (χ4v) is 4.15. The number of halogens is 1. The zero-order chi connectivity index (χ0) is 19.6. The van der Waals surface area contributed by atoms with Crippen molar-refractivity contribution in [2.75, 3.05) is 5.88 Å². The van der Waals surface area contributed by atoms with E-state index >= 15 is 0 Å². The molecule has 0 aromatic rings. The highest BCUT2D eigenvalue weighted by molar-refractivity contribution is 6.18. The van der Waals surface area contributed by atoms with Gasteiger partial charge in [-0.05, 0) is 27.7 Å². The molecule has 0 aliphatic carbocycles. The van der Waals surface area contributed by atoms with E-state index in [1.54, 1.807) is 33.8 Å². The predicted molar refractivity (Wildman–Crippen MR) is 96.1 cm³/mol. The van der Waals surface area contributed by atoms with Crippen LogP contribution in [0.3, 0.4) is 0 Å². The largest absolute Gasteiger partial charge is 0.347 e. The summed E-state index contributed by atoms with van der Waals surface area (Å²) in [6, 6.07) is 4.57. The molecule has 0 aromatic carbocycles. The van der Waals surface area contributed by atoms with E-state index in [2.05, 4.69) is 18.7 Å². The molecule has 7 heteroatoms. The molecule has 2 saturated heterocycles. The fraction of sp³-hybridized carbons (Fsp3) is 0.789. The lowest BCUT2D eigenvalue weighted by Crippen LogP contribution is -2.57. The van der Waals surface area contributed by atoms with Crippen LogP contribution < -0.4 is 0 Å². The van der Waals surface area contributed by atoms with E-state index in [-0.39, 0.29) is 18.1 Å². The minimum Gasteiger partial charge on any atom is -0.347 e. The molecule has 0 N–H and O–H groups in total. The van der Waals surface area contributed by atoms with Crippen LogP contribution in [-0.4, -0.2) is 40.9 Å². The standard InChI is InChI=1S/C19H27ClN2O4/c1-6-7-18(12-21)8-14(23-16(2,3)25-18)9-19(13-22)10-15(11-20)24-17(4,5)26-19/h6,14-15H,1,7-11H2,2-5H3. The zero-order valence-electron chi connectivity index (χ0n) is 15.9. The molecule has 0 amide bonds. The average Bonchev–Trinajstić information content (AvgIpc) is 2.51. The second-order valence-electron chi connectivity index (χ2n) is 7.96. The van der Waals surface area contributed by atoms with Crippen LogP contribution in [0.15, 0.2) is 12.7 Å². The summed E-state index contributed by atoms with van der Waals surface area (Å²) in [6.07, 6.45) is 2.35. The molecular weight excluding hydrogens is 356 g/mol. The van der Waals surface area contributed by atoms with E-state index in [4.69, 9.17) is 30.5 Å². The van der Waals surface area contributed by atoms with E-state index in [0.29, 0.717) is 25.7 Å². The first-order valence-corrected chi connectivity index (χ1v) is 9.31. The first-order valence-electron chi connectivity index (χ1n) is 8.77. The molecule has 2 aliphatic heterocycles. The highest BCUT2D eigenvalue weighted by Crippen LogP contribution is 2.43. The van der Waals surface area contributed by atoms with Crippen molar-refractivity contribution in [1.82, 2.24) is 0 Å². The van der Waals surface area contributed by atoms with Gasteiger partial charge in [0.2, 0.25) is 0 Å². The Bertz CT molecular complexity index is 624. The molecule has 4 atom stereocenters. The van der Waals surface area contributed by atoms with Gasteiger partial charge in [-0.1, -0.05) is 6.08 Å².